The average molecular weight is 2460 g/mol. The number of aromatic nitrogens is 5. The van der Waals surface area contributed by atoms with Crippen LogP contribution in [0.15, 0.2) is 152 Å². The molecule has 5 aromatic carbocycles. The fraction of sp³-hybridized carbons (Fsp3) is 0.421. The van der Waals surface area contributed by atoms with Gasteiger partial charge in [-0.3, -0.25) is 0 Å². The van der Waals surface area contributed by atoms with Gasteiger partial charge in [0.15, 0.2) is 0 Å². The van der Waals surface area contributed by atoms with Gasteiger partial charge >= 0.3 is 0 Å². The van der Waals surface area contributed by atoms with Gasteiger partial charge in [-0.25, -0.2) is 0 Å². The van der Waals surface area contributed by atoms with Gasteiger partial charge in [0.1, 0.15) is 0 Å². The first-order valence-corrected chi connectivity index (χ1v) is 54.7. The average Bonchev–Trinajstić information content (AvgIpc) is 0.796. The second-order valence-electron chi connectivity index (χ2n) is 35.0. The van der Waals surface area contributed by atoms with Gasteiger partial charge in [0.2, 0.25) is 0 Å². The zero-order valence-electron chi connectivity index (χ0n) is 87.6. The number of pyridine rings is 5. The maximum Gasteiger partial charge on any atom is 0.0799 e. The summed E-state index contributed by atoms with van der Waals surface area (Å²) in [7, 11) is -8.08. The van der Waals surface area contributed by atoms with Gasteiger partial charge in [-0.1, -0.05) is 271 Å². The van der Waals surface area contributed by atoms with Gasteiger partial charge in [0.05, 0.1) is 40.4 Å². The van der Waals surface area contributed by atoms with Crippen LogP contribution < -0.4 is 25.9 Å². The van der Waals surface area contributed by atoms with Crippen molar-refractivity contribution in [3.8, 4) is 56.3 Å². The normalized spacial score (nSPS) is 15.8. The second kappa shape index (κ2) is 45.1. The molecule has 1 aliphatic carbocycles. The van der Waals surface area contributed by atoms with Crippen LogP contribution in [0.1, 0.15) is 168 Å². The molecule has 11 rings (SSSR count). The molecule has 603 valence electrons. The van der Waals surface area contributed by atoms with Crippen LogP contribution in [-0.2, 0) is 120 Å². The zero-order chi connectivity index (χ0) is 93.5. The first-order chi connectivity index (χ1) is 56.6. The Hall–Kier alpha value is -3.82. The van der Waals surface area contributed by atoms with E-state index >= 15 is 0 Å². The first kappa shape index (κ1) is 73.8. The third kappa shape index (κ3) is 30.7. The first-order valence-electron chi connectivity index (χ1n) is 46.7. The summed E-state index contributed by atoms with van der Waals surface area (Å²) in [5, 5.41) is 6.05. The number of nitrogens with zero attached hydrogens (tertiary/aromatic N) is 5. The van der Waals surface area contributed by atoms with Crippen molar-refractivity contribution < 1.29 is 127 Å². The van der Waals surface area contributed by atoms with Crippen molar-refractivity contribution in [1.29, 1.82) is 0 Å². The Bertz CT molecular complexity index is 5130. The van der Waals surface area contributed by atoms with Crippen LogP contribution in [0.4, 0.5) is 0 Å². The molecule has 15 heteroatoms. The Labute approximate surface area is 768 Å². The minimum Gasteiger partial charge on any atom is -0.305 e. The van der Waals surface area contributed by atoms with Gasteiger partial charge < -0.3 is 24.9 Å². The van der Waals surface area contributed by atoms with Crippen molar-refractivity contribution in [3.05, 3.63) is 238 Å². The molecule has 5 nitrogen and oxygen atoms in total. The summed E-state index contributed by atoms with van der Waals surface area (Å²) in [6.45, 7) is 35.5. The van der Waals surface area contributed by atoms with Crippen LogP contribution in [0.5, 0.6) is 0 Å². The minimum atomic E-state index is -2.31. The summed E-state index contributed by atoms with van der Waals surface area (Å²) in [5.41, 5.74) is 12.7. The van der Waals surface area contributed by atoms with E-state index in [-0.39, 0.29) is 123 Å². The van der Waals surface area contributed by atoms with Crippen molar-refractivity contribution in [2.75, 3.05) is 0 Å². The molecule has 5 heterocycles. The monoisotopic (exact) mass is 2460 g/mol. The number of hydrogen-bond acceptors (Lipinski definition) is 5. The molecule has 0 aliphatic heterocycles. The number of aryl methyl sites for hydroxylation is 6. The topological polar surface area (TPSA) is 64.5 Å². The molecule has 0 amide bonds. The molecule has 1 saturated carbocycles. The Morgan fingerprint density at radius 2 is 0.773 bits per heavy atom. The molecule has 5 aromatic heterocycles. The largest absolute Gasteiger partial charge is 0.305 e. The maximum absolute atomic E-state index is 8.50. The number of benzene rings is 5. The Morgan fingerprint density at radius 3 is 1.15 bits per heavy atom. The number of hydrogen-bond donors (Lipinski definition) is 0. The predicted molar refractivity (Wildman–Crippen MR) is 472 cm³/mol. The van der Waals surface area contributed by atoms with E-state index in [0.717, 1.165) is 52.4 Å². The standard InChI is InChI=1S/C22H30NSi.C20H28NSi.C19H26NSi.C18H24NSi.C16H20NSi.5Ir/c1-17-10-12-19(13-11-17)21-15-20(14-18-8-6-5-7-9-18)22(16-23-21)24(2,3)4;1-15-10-8-9-11-17(15)18-12-16(13-20(2,3)4)19(14-21-18)22(5,6)7;1-14(2)11-16-12-18(17-10-8-7-9-15(17)3)20-13-19(16)21(4,5)6;1-13(2)16-11-17(15-10-8-7-9-14(15)3)19-12-18(16)20(4,5)6;1-12-8-6-7-9-14(12)15-10-13(2)16(11-17-15)18(3,4)5;;;;;/h10-12,15-16,18H,5-9,14H2,1-4H3;8-10,12,14H,13H2,1-7H3;7-9,12-14H,11H2,1-6H3;7-9,11-13H,1-6H3;6-8,10-11H,1-5H3;;;;;/q5*-1;;;;;/i2*1D3;3D3;3D3,13D;1D3,2D3;;;;;. The molecule has 0 bridgehead atoms. The molecule has 0 unspecified atom stereocenters. The van der Waals surface area contributed by atoms with Gasteiger partial charge in [0.25, 0.3) is 0 Å². The predicted octanol–water partition coefficient (Wildman–Crippen LogP) is 23.3. The van der Waals surface area contributed by atoms with Gasteiger partial charge in [-0.15, -0.1) is 177 Å². The third-order valence-corrected chi connectivity index (χ3v) is 28.7. The van der Waals surface area contributed by atoms with E-state index in [1.165, 1.54) is 76.5 Å². The second-order valence-corrected chi connectivity index (χ2v) is 60.2. The van der Waals surface area contributed by atoms with Gasteiger partial charge in [-0.05, 0) is 104 Å². The van der Waals surface area contributed by atoms with Crippen molar-refractivity contribution >= 4 is 66.3 Å². The zero-order valence-corrected chi connectivity index (χ0v) is 85.6. The van der Waals surface area contributed by atoms with Crippen molar-refractivity contribution in [2.45, 2.75) is 245 Å². The fourth-order valence-electron chi connectivity index (χ4n) is 13.1. The number of rotatable bonds is 16. The summed E-state index contributed by atoms with van der Waals surface area (Å²) in [5.74, 6) is 0.547. The molecule has 1 aliphatic rings. The van der Waals surface area contributed by atoms with E-state index < -0.39 is 87.4 Å². The van der Waals surface area contributed by atoms with Crippen LogP contribution in [0, 0.1) is 88.7 Å². The van der Waals surface area contributed by atoms with E-state index in [2.05, 4.69) is 207 Å². The Balaban J connectivity index is 0.000000541. The smallest absolute Gasteiger partial charge is 0.0799 e. The van der Waals surface area contributed by atoms with Crippen LogP contribution in [0.2, 0.25) is 98.2 Å². The van der Waals surface area contributed by atoms with E-state index in [9.17, 15) is 0 Å². The molecule has 0 spiro atoms. The summed E-state index contributed by atoms with van der Waals surface area (Å²) in [6, 6.07) is 50.0. The minimum absolute atomic E-state index is 0. The molecule has 10 aromatic rings. The summed E-state index contributed by atoms with van der Waals surface area (Å²) in [4.78, 5) is 22.9. The molecular weight excluding hydrogens is 2310 g/mol. The summed E-state index contributed by atoms with van der Waals surface area (Å²) in [6.07, 6.45) is 19.2. The summed E-state index contributed by atoms with van der Waals surface area (Å²) >= 11 is 0. The molecule has 5 radical (unpaired) electrons. The van der Waals surface area contributed by atoms with Crippen molar-refractivity contribution in [3.63, 3.8) is 0 Å². The van der Waals surface area contributed by atoms with Crippen LogP contribution in [0.3, 0.4) is 0 Å². The Morgan fingerprint density at radius 1 is 0.409 bits per heavy atom. The SMILES string of the molecule is [2H]C([2H])([2H])c1c[c-]c(-c2cc(CC3CCCCC3)c([Si](C)(C)C)cn2)cc1.[2H]C([2H])([2H])c1ccc[c-]c1-c1cc(C([2H])(C)C)c([Si](C)(C)C)cn1.[2H]C([2H])([2H])c1ccc[c-]c1-c1cc(C([2H])([2H])[2H])c([Si](C)(C)C)cn1.[2H]C([2H])([2H])c1ccc[c-]c1-c1cc(CC(C)(C)C)c([Si](C)(C)C)cn1.[2H]C([2H])([2H])c1ccc[c-]c1-c1cc(CC(C)C)c([Si](C)(C)C)cn1.[Ir].[Ir].[Ir].[Ir].[Ir]. The van der Waals surface area contributed by atoms with E-state index in [1.807, 2.05) is 44.6 Å². The van der Waals surface area contributed by atoms with Gasteiger partial charge in [0, 0.05) is 158 Å². The Kier molecular flexibility index (Phi) is 30.2. The molecule has 0 atom stereocenters. The molecular formula is C95H128Ir5N5Si5-5. The van der Waals surface area contributed by atoms with Crippen molar-refractivity contribution in [2.24, 2.45) is 17.3 Å². The van der Waals surface area contributed by atoms with E-state index in [1.54, 1.807) is 85.1 Å². The fourth-order valence-corrected chi connectivity index (χ4v) is 20.8. The summed E-state index contributed by atoms with van der Waals surface area (Å²) < 4.78 is 147. The van der Waals surface area contributed by atoms with E-state index in [4.69, 9.17) is 31.0 Å². The molecule has 0 N–H and O–H groups in total. The van der Waals surface area contributed by atoms with Crippen LogP contribution in [-0.4, -0.2) is 65.3 Å². The van der Waals surface area contributed by atoms with Crippen LogP contribution in [0.25, 0.3) is 56.3 Å². The van der Waals surface area contributed by atoms with E-state index in [0.29, 0.717) is 67.6 Å². The van der Waals surface area contributed by atoms with Crippen LogP contribution >= 0.6 is 0 Å². The quantitative estimate of drug-likeness (QED) is 0.0712. The maximum atomic E-state index is 8.50. The van der Waals surface area contributed by atoms with Gasteiger partial charge in [-0.2, -0.15) is 0 Å². The third-order valence-electron chi connectivity index (χ3n) is 18.5. The molecule has 1 fully saturated rings. The molecule has 0 saturated heterocycles. The molecule has 110 heavy (non-hydrogen) atoms. The van der Waals surface area contributed by atoms with Crippen molar-refractivity contribution in [1.82, 2.24) is 24.9 Å².